The maximum Gasteiger partial charge on any atom is 0.325 e. The molecule has 0 aromatic heterocycles. The number of rotatable bonds is 6. The topological polar surface area (TPSA) is 93.2 Å². The van der Waals surface area contributed by atoms with Crippen LogP contribution in [0, 0.1) is 0 Å². The molecule has 1 aliphatic heterocycles. The number of amides is 1. The van der Waals surface area contributed by atoms with Crippen LogP contribution in [-0.4, -0.2) is 75.7 Å². The van der Waals surface area contributed by atoms with Crippen LogP contribution in [0.5, 0.6) is 5.75 Å². The summed E-state index contributed by atoms with van der Waals surface area (Å²) < 4.78 is 34.9. The zero-order valence-corrected chi connectivity index (χ0v) is 17.0. The molecule has 0 saturated carbocycles. The minimum atomic E-state index is -3.19. The molecule has 27 heavy (non-hydrogen) atoms. The van der Waals surface area contributed by atoms with Gasteiger partial charge in [-0.05, 0) is 31.0 Å². The number of ether oxygens (including phenoxy) is 2. The number of likely N-dealkylation sites (N-methyl/N-ethyl adjacent to an activating group) is 1. The SMILES string of the molecule is COC(=O)CN(C)C(=O)c1ccc(OC2CCN(S(C)(=O)=O)CC2)c(Cl)c1. The summed E-state index contributed by atoms with van der Waals surface area (Å²) in [5.74, 6) is -0.450. The lowest BCUT2D eigenvalue weighted by atomic mass is 10.1. The van der Waals surface area contributed by atoms with E-state index in [0.717, 1.165) is 0 Å². The van der Waals surface area contributed by atoms with Gasteiger partial charge in [0.05, 0.1) is 18.4 Å². The summed E-state index contributed by atoms with van der Waals surface area (Å²) in [6.45, 7) is 0.635. The average Bonchev–Trinajstić information content (AvgIpc) is 2.62. The summed E-state index contributed by atoms with van der Waals surface area (Å²) >= 11 is 6.24. The van der Waals surface area contributed by atoms with Crippen molar-refractivity contribution in [1.29, 1.82) is 0 Å². The van der Waals surface area contributed by atoms with Gasteiger partial charge >= 0.3 is 5.97 Å². The van der Waals surface area contributed by atoms with Crippen LogP contribution in [0.3, 0.4) is 0 Å². The molecule has 1 aliphatic rings. The highest BCUT2D eigenvalue weighted by Crippen LogP contribution is 2.29. The van der Waals surface area contributed by atoms with Crippen molar-refractivity contribution in [1.82, 2.24) is 9.21 Å². The van der Waals surface area contributed by atoms with Crippen molar-refractivity contribution in [2.75, 3.05) is 40.0 Å². The minimum Gasteiger partial charge on any atom is -0.489 e. The standard InChI is InChI=1S/C17H23ClN2O6S/c1-19(11-16(21)25-2)17(22)12-4-5-15(14(18)10-12)26-13-6-8-20(9-7-13)27(3,23)24/h4-5,10,13H,6-9,11H2,1-3H3. The average molecular weight is 419 g/mol. The normalized spacial score (nSPS) is 16.0. The lowest BCUT2D eigenvalue weighted by molar-refractivity contribution is -0.141. The summed E-state index contributed by atoms with van der Waals surface area (Å²) in [7, 11) is -0.440. The number of methoxy groups -OCH3 is 1. The number of hydrogen-bond donors (Lipinski definition) is 0. The van der Waals surface area contributed by atoms with Crippen LogP contribution in [0.1, 0.15) is 23.2 Å². The molecule has 0 radical (unpaired) electrons. The maximum atomic E-state index is 12.3. The number of piperidine rings is 1. The first kappa shape index (κ1) is 21.5. The largest absolute Gasteiger partial charge is 0.489 e. The Morgan fingerprint density at radius 2 is 1.93 bits per heavy atom. The number of esters is 1. The highest BCUT2D eigenvalue weighted by atomic mass is 35.5. The fraction of sp³-hybridized carbons (Fsp3) is 0.529. The van der Waals surface area contributed by atoms with E-state index in [0.29, 0.717) is 37.2 Å². The number of nitrogens with zero attached hydrogens (tertiary/aromatic N) is 2. The number of benzene rings is 1. The quantitative estimate of drug-likeness (QED) is 0.648. The third-order valence-electron chi connectivity index (χ3n) is 4.28. The van der Waals surface area contributed by atoms with Crippen LogP contribution < -0.4 is 4.74 Å². The Balaban J connectivity index is 1.99. The van der Waals surface area contributed by atoms with Gasteiger partial charge in [-0.2, -0.15) is 0 Å². The predicted molar refractivity (Wildman–Crippen MR) is 100 cm³/mol. The third kappa shape index (κ3) is 5.82. The minimum absolute atomic E-state index is 0.149. The zero-order chi connectivity index (χ0) is 20.2. The first-order valence-corrected chi connectivity index (χ1v) is 10.6. The van der Waals surface area contributed by atoms with Gasteiger partial charge in [0.2, 0.25) is 10.0 Å². The van der Waals surface area contributed by atoms with Gasteiger partial charge in [-0.15, -0.1) is 0 Å². The van der Waals surface area contributed by atoms with E-state index < -0.39 is 16.0 Å². The summed E-state index contributed by atoms with van der Waals surface area (Å²) in [6, 6.07) is 4.66. The Kier molecular flexibility index (Phi) is 7.07. The fourth-order valence-electron chi connectivity index (χ4n) is 2.74. The highest BCUT2D eigenvalue weighted by Gasteiger charge is 2.26. The molecule has 0 N–H and O–H groups in total. The molecule has 0 bridgehead atoms. The van der Waals surface area contributed by atoms with Crippen LogP contribution >= 0.6 is 11.6 Å². The lowest BCUT2D eigenvalue weighted by Crippen LogP contribution is -2.41. The van der Waals surface area contributed by atoms with Gasteiger partial charge in [-0.1, -0.05) is 11.6 Å². The lowest BCUT2D eigenvalue weighted by Gasteiger charge is -2.30. The van der Waals surface area contributed by atoms with Gasteiger partial charge in [0, 0.05) is 25.7 Å². The molecule has 1 aromatic carbocycles. The predicted octanol–water partition coefficient (Wildman–Crippen LogP) is 1.39. The summed E-state index contributed by atoms with van der Waals surface area (Å²) in [5, 5.41) is 0.276. The second-order valence-electron chi connectivity index (χ2n) is 6.36. The molecule has 1 saturated heterocycles. The Hall–Kier alpha value is -1.84. The van der Waals surface area contributed by atoms with Crippen LogP contribution in [0.2, 0.25) is 5.02 Å². The molecule has 10 heteroatoms. The smallest absolute Gasteiger partial charge is 0.325 e. The van der Waals surface area contributed by atoms with Gasteiger partial charge in [0.15, 0.2) is 0 Å². The van der Waals surface area contributed by atoms with Crippen molar-refractivity contribution < 1.29 is 27.5 Å². The van der Waals surface area contributed by atoms with Crippen molar-refractivity contribution in [3.63, 3.8) is 0 Å². The summed E-state index contributed by atoms with van der Waals surface area (Å²) in [4.78, 5) is 24.9. The van der Waals surface area contributed by atoms with Gasteiger partial charge < -0.3 is 14.4 Å². The van der Waals surface area contributed by atoms with Crippen LogP contribution in [0.25, 0.3) is 0 Å². The van der Waals surface area contributed by atoms with Gasteiger partial charge in [-0.25, -0.2) is 12.7 Å². The zero-order valence-electron chi connectivity index (χ0n) is 15.5. The number of carbonyl (C=O) groups excluding carboxylic acids is 2. The van der Waals surface area contributed by atoms with Crippen molar-refractivity contribution in [3.8, 4) is 5.75 Å². The van der Waals surface area contributed by atoms with E-state index in [-0.39, 0.29) is 23.6 Å². The Morgan fingerprint density at radius 3 is 2.44 bits per heavy atom. The van der Waals surface area contributed by atoms with Crippen molar-refractivity contribution in [2.45, 2.75) is 18.9 Å². The van der Waals surface area contributed by atoms with E-state index in [1.807, 2.05) is 0 Å². The van der Waals surface area contributed by atoms with E-state index in [1.54, 1.807) is 12.1 Å². The molecule has 1 fully saturated rings. The second-order valence-corrected chi connectivity index (χ2v) is 8.75. The molecule has 8 nitrogen and oxygen atoms in total. The molecular formula is C17H23ClN2O6S. The van der Waals surface area contributed by atoms with E-state index >= 15 is 0 Å². The van der Waals surface area contributed by atoms with Crippen molar-refractivity contribution >= 4 is 33.5 Å². The Bertz CT molecular complexity index is 806. The van der Waals surface area contributed by atoms with E-state index in [2.05, 4.69) is 4.74 Å². The molecule has 0 aliphatic carbocycles. The summed E-state index contributed by atoms with van der Waals surface area (Å²) in [6.07, 6.45) is 2.17. The maximum absolute atomic E-state index is 12.3. The van der Waals surface area contributed by atoms with E-state index in [9.17, 15) is 18.0 Å². The number of carbonyl (C=O) groups is 2. The molecule has 0 unspecified atom stereocenters. The summed E-state index contributed by atoms with van der Waals surface area (Å²) in [5.41, 5.74) is 0.325. The Labute approximate surface area is 164 Å². The van der Waals surface area contributed by atoms with Crippen LogP contribution in [0.4, 0.5) is 0 Å². The monoisotopic (exact) mass is 418 g/mol. The highest BCUT2D eigenvalue weighted by molar-refractivity contribution is 7.88. The van der Waals surface area contributed by atoms with Gasteiger partial charge in [0.1, 0.15) is 18.4 Å². The van der Waals surface area contributed by atoms with E-state index in [4.69, 9.17) is 16.3 Å². The molecule has 0 atom stereocenters. The first-order valence-electron chi connectivity index (χ1n) is 8.35. The molecule has 1 aromatic rings. The van der Waals surface area contributed by atoms with Crippen molar-refractivity contribution in [3.05, 3.63) is 28.8 Å². The van der Waals surface area contributed by atoms with Gasteiger partial charge in [0.25, 0.3) is 5.91 Å². The first-order chi connectivity index (χ1) is 12.6. The molecular weight excluding hydrogens is 396 g/mol. The van der Waals surface area contributed by atoms with E-state index in [1.165, 1.54) is 35.7 Å². The van der Waals surface area contributed by atoms with Crippen LogP contribution in [0.15, 0.2) is 18.2 Å². The molecule has 2 rings (SSSR count). The fourth-order valence-corrected chi connectivity index (χ4v) is 3.84. The molecule has 1 heterocycles. The number of hydrogen-bond acceptors (Lipinski definition) is 6. The second kappa shape index (κ2) is 8.90. The molecule has 0 spiro atoms. The third-order valence-corrected chi connectivity index (χ3v) is 5.88. The number of halogens is 1. The molecule has 1 amide bonds. The Morgan fingerprint density at radius 1 is 1.30 bits per heavy atom. The van der Waals surface area contributed by atoms with Crippen molar-refractivity contribution in [2.24, 2.45) is 0 Å². The molecule has 150 valence electrons. The number of sulfonamides is 1. The van der Waals surface area contributed by atoms with Gasteiger partial charge in [-0.3, -0.25) is 9.59 Å². The van der Waals surface area contributed by atoms with Crippen LogP contribution in [-0.2, 0) is 19.6 Å².